The number of thiophene rings is 1. The first-order valence-electron chi connectivity index (χ1n) is 8.68. The molecule has 1 saturated heterocycles. The number of carbonyl (C=O) groups is 1. The maximum absolute atomic E-state index is 12.9. The number of nitrogens with one attached hydrogen (secondary N) is 1. The largest absolute Gasteiger partial charge is 0.366 e. The second-order valence-corrected chi connectivity index (χ2v) is 7.51. The molecule has 2 aromatic heterocycles. The van der Waals surface area contributed by atoms with Crippen LogP contribution in [0.15, 0.2) is 6.07 Å². The minimum absolute atomic E-state index is 0.119. The number of aromatic amines is 1. The predicted octanol–water partition coefficient (Wildman–Crippen LogP) is 2.52. The Hall–Kier alpha value is -1.73. The second kappa shape index (κ2) is 6.64. The third-order valence-corrected chi connectivity index (χ3v) is 5.96. The van der Waals surface area contributed by atoms with Crippen LogP contribution in [-0.2, 0) is 24.0 Å². The van der Waals surface area contributed by atoms with Crippen LogP contribution in [0, 0.1) is 0 Å². The Labute approximate surface area is 145 Å². The summed E-state index contributed by atoms with van der Waals surface area (Å²) in [5.41, 5.74) is 1.38. The molecular weight excluding hydrogens is 324 g/mol. The summed E-state index contributed by atoms with van der Waals surface area (Å²) in [6.45, 7) is 3.70. The molecule has 24 heavy (non-hydrogen) atoms. The lowest BCUT2D eigenvalue weighted by Crippen LogP contribution is -2.42. The van der Waals surface area contributed by atoms with Crippen LogP contribution in [0.25, 0.3) is 0 Å². The number of rotatable bonds is 3. The minimum atomic E-state index is -0.242. The van der Waals surface area contributed by atoms with Crippen LogP contribution in [0.1, 0.15) is 57.6 Å². The Balaban J connectivity index is 1.49. The number of carbonyl (C=O) groups excluding carboxylic acids is 1. The van der Waals surface area contributed by atoms with Gasteiger partial charge >= 0.3 is 0 Å². The van der Waals surface area contributed by atoms with Crippen molar-refractivity contribution >= 4 is 17.2 Å². The number of aryl methyl sites for hydroxylation is 3. The van der Waals surface area contributed by atoms with Crippen LogP contribution in [0.5, 0.6) is 0 Å². The number of amides is 1. The van der Waals surface area contributed by atoms with Crippen molar-refractivity contribution in [1.29, 1.82) is 0 Å². The molecule has 0 spiro atoms. The highest BCUT2D eigenvalue weighted by Crippen LogP contribution is 2.31. The van der Waals surface area contributed by atoms with Gasteiger partial charge in [0.05, 0.1) is 18.0 Å². The lowest BCUT2D eigenvalue weighted by Gasteiger charge is -2.31. The Bertz CT molecular complexity index is 715. The minimum Gasteiger partial charge on any atom is -0.366 e. The average Bonchev–Trinajstić information content (AvgIpc) is 3.27. The molecule has 1 fully saturated rings. The number of morpholine rings is 1. The van der Waals surface area contributed by atoms with E-state index in [2.05, 4.69) is 21.2 Å². The second-order valence-electron chi connectivity index (χ2n) is 6.37. The molecule has 1 aliphatic carbocycles. The van der Waals surface area contributed by atoms with Crippen LogP contribution < -0.4 is 0 Å². The molecule has 2 aliphatic rings. The molecule has 0 bridgehead atoms. The van der Waals surface area contributed by atoms with Crippen molar-refractivity contribution < 1.29 is 9.53 Å². The number of H-pyrrole nitrogens is 1. The molecule has 1 N–H and O–H groups in total. The van der Waals surface area contributed by atoms with Gasteiger partial charge in [-0.2, -0.15) is 5.10 Å². The van der Waals surface area contributed by atoms with Gasteiger partial charge in [0.2, 0.25) is 0 Å². The summed E-state index contributed by atoms with van der Waals surface area (Å²) in [5.74, 6) is 1.62. The Morgan fingerprint density at radius 2 is 2.33 bits per heavy atom. The molecule has 0 unspecified atom stereocenters. The van der Waals surface area contributed by atoms with Crippen molar-refractivity contribution in [2.75, 3.05) is 19.7 Å². The molecule has 1 aliphatic heterocycles. The molecule has 0 aromatic carbocycles. The van der Waals surface area contributed by atoms with Gasteiger partial charge in [0.15, 0.2) is 5.82 Å². The fourth-order valence-corrected chi connectivity index (χ4v) is 4.58. The van der Waals surface area contributed by atoms with Crippen LogP contribution >= 0.6 is 11.3 Å². The Morgan fingerprint density at radius 1 is 1.46 bits per heavy atom. The zero-order valence-electron chi connectivity index (χ0n) is 13.9. The third kappa shape index (κ3) is 2.98. The summed E-state index contributed by atoms with van der Waals surface area (Å²) in [5, 5.41) is 7.15. The van der Waals surface area contributed by atoms with E-state index in [9.17, 15) is 4.79 Å². The van der Waals surface area contributed by atoms with Crippen LogP contribution in [0.3, 0.4) is 0 Å². The van der Waals surface area contributed by atoms with E-state index in [4.69, 9.17) is 4.74 Å². The maximum atomic E-state index is 12.9. The van der Waals surface area contributed by atoms with Crippen LogP contribution in [0.2, 0.25) is 0 Å². The molecule has 0 saturated carbocycles. The van der Waals surface area contributed by atoms with Crippen LogP contribution in [0.4, 0.5) is 0 Å². The summed E-state index contributed by atoms with van der Waals surface area (Å²) in [6.07, 6.45) is 5.28. The summed E-state index contributed by atoms with van der Waals surface area (Å²) in [7, 11) is 0. The molecule has 1 atom stereocenters. The quantitative estimate of drug-likeness (QED) is 0.927. The fraction of sp³-hybridized carbons (Fsp3) is 0.588. The topological polar surface area (TPSA) is 71.1 Å². The van der Waals surface area contributed by atoms with Gasteiger partial charge in [-0.25, -0.2) is 4.98 Å². The predicted molar refractivity (Wildman–Crippen MR) is 91.3 cm³/mol. The van der Waals surface area contributed by atoms with Crippen molar-refractivity contribution in [3.05, 3.63) is 33.0 Å². The first-order valence-corrected chi connectivity index (χ1v) is 9.50. The molecule has 2 aromatic rings. The van der Waals surface area contributed by atoms with E-state index in [1.54, 1.807) is 11.3 Å². The molecule has 1 amide bonds. The van der Waals surface area contributed by atoms with Gasteiger partial charge in [-0.3, -0.25) is 9.89 Å². The van der Waals surface area contributed by atoms with E-state index >= 15 is 0 Å². The molecular formula is C17H22N4O2S. The van der Waals surface area contributed by atoms with Crippen molar-refractivity contribution in [1.82, 2.24) is 20.1 Å². The molecule has 3 heterocycles. The number of ether oxygens (including phenoxy) is 1. The number of fused-ring (bicyclic) bond motifs is 1. The van der Waals surface area contributed by atoms with Gasteiger partial charge in [-0.1, -0.05) is 6.92 Å². The molecule has 4 rings (SSSR count). The Morgan fingerprint density at radius 3 is 3.12 bits per heavy atom. The van der Waals surface area contributed by atoms with Crippen molar-refractivity contribution in [3.8, 4) is 0 Å². The highest BCUT2D eigenvalue weighted by molar-refractivity contribution is 7.14. The monoisotopic (exact) mass is 346 g/mol. The summed E-state index contributed by atoms with van der Waals surface area (Å²) >= 11 is 1.67. The van der Waals surface area contributed by atoms with E-state index in [1.807, 2.05) is 11.8 Å². The SMILES string of the molecule is CCc1nc([C@@H]2CN(C(=O)c3cc4c(s3)CCCC4)CCO2)n[nH]1. The van der Waals surface area contributed by atoms with Crippen LogP contribution in [-0.4, -0.2) is 45.7 Å². The lowest BCUT2D eigenvalue weighted by molar-refractivity contribution is -0.0265. The van der Waals surface area contributed by atoms with Crippen molar-refractivity contribution in [2.45, 2.75) is 45.1 Å². The number of hydrogen-bond acceptors (Lipinski definition) is 5. The highest BCUT2D eigenvalue weighted by atomic mass is 32.1. The summed E-state index contributed by atoms with van der Waals surface area (Å²) in [4.78, 5) is 21.5. The normalized spacial score (nSPS) is 20.9. The first-order chi connectivity index (χ1) is 11.7. The van der Waals surface area contributed by atoms with E-state index in [-0.39, 0.29) is 12.0 Å². The zero-order chi connectivity index (χ0) is 16.5. The number of hydrogen-bond donors (Lipinski definition) is 1. The van der Waals surface area contributed by atoms with Crippen molar-refractivity contribution in [2.24, 2.45) is 0 Å². The van der Waals surface area contributed by atoms with Gasteiger partial charge in [0.25, 0.3) is 5.91 Å². The van der Waals surface area contributed by atoms with Gasteiger partial charge in [0.1, 0.15) is 11.9 Å². The fourth-order valence-electron chi connectivity index (χ4n) is 3.35. The lowest BCUT2D eigenvalue weighted by atomic mass is 9.99. The van der Waals surface area contributed by atoms with E-state index in [0.29, 0.717) is 25.5 Å². The third-order valence-electron chi connectivity index (χ3n) is 4.73. The maximum Gasteiger partial charge on any atom is 0.264 e. The smallest absolute Gasteiger partial charge is 0.264 e. The highest BCUT2D eigenvalue weighted by Gasteiger charge is 2.30. The molecule has 7 heteroatoms. The van der Waals surface area contributed by atoms with Gasteiger partial charge < -0.3 is 9.64 Å². The zero-order valence-corrected chi connectivity index (χ0v) is 14.7. The molecule has 6 nitrogen and oxygen atoms in total. The Kier molecular flexibility index (Phi) is 4.37. The number of aromatic nitrogens is 3. The van der Waals surface area contributed by atoms with E-state index in [0.717, 1.165) is 30.0 Å². The first kappa shape index (κ1) is 15.8. The van der Waals surface area contributed by atoms with Gasteiger partial charge in [-0.15, -0.1) is 11.3 Å². The van der Waals surface area contributed by atoms with Gasteiger partial charge in [-0.05, 0) is 37.3 Å². The van der Waals surface area contributed by atoms with E-state index in [1.165, 1.54) is 23.3 Å². The summed E-state index contributed by atoms with van der Waals surface area (Å²) < 4.78 is 5.78. The molecule has 0 radical (unpaired) electrons. The van der Waals surface area contributed by atoms with Crippen molar-refractivity contribution in [3.63, 3.8) is 0 Å². The molecule has 128 valence electrons. The summed E-state index contributed by atoms with van der Waals surface area (Å²) in [6, 6.07) is 2.11. The van der Waals surface area contributed by atoms with Gasteiger partial charge in [0, 0.05) is 17.8 Å². The number of nitrogens with zero attached hydrogens (tertiary/aromatic N) is 3. The van der Waals surface area contributed by atoms with E-state index < -0.39 is 0 Å². The average molecular weight is 346 g/mol. The standard InChI is InChI=1S/C17H22N4O2S/c1-2-15-18-16(20-19-15)12-10-21(7-8-23-12)17(22)14-9-11-5-3-4-6-13(11)24-14/h9,12H,2-8,10H2,1H3,(H,18,19,20)/t12-/m0/s1.